The predicted molar refractivity (Wildman–Crippen MR) is 82.2 cm³/mol. The first-order chi connectivity index (χ1) is 9.93. The van der Waals surface area contributed by atoms with E-state index in [1.54, 1.807) is 18.1 Å². The number of carboxylic acid groups (broad SMARTS) is 1. The van der Waals surface area contributed by atoms with Crippen LogP contribution >= 0.6 is 0 Å². The van der Waals surface area contributed by atoms with Gasteiger partial charge in [0.15, 0.2) is 0 Å². The fourth-order valence-corrected chi connectivity index (χ4v) is 1.86. The molecule has 0 fully saturated rings. The van der Waals surface area contributed by atoms with Crippen molar-refractivity contribution < 1.29 is 14.7 Å². The van der Waals surface area contributed by atoms with E-state index in [1.807, 2.05) is 19.9 Å². The number of likely N-dealkylation sites (N-methyl/N-ethyl adjacent to an activating group) is 1. The molecule has 0 atom stereocenters. The van der Waals surface area contributed by atoms with Gasteiger partial charge >= 0.3 is 5.97 Å². The summed E-state index contributed by atoms with van der Waals surface area (Å²) < 4.78 is 0. The van der Waals surface area contributed by atoms with Crippen LogP contribution in [-0.4, -0.2) is 42.1 Å². The number of aryl methyl sites for hydroxylation is 1. The molecule has 0 aliphatic rings. The maximum Gasteiger partial charge on any atom is 0.328 e. The summed E-state index contributed by atoms with van der Waals surface area (Å²) in [5, 5.41) is 11.4. The highest BCUT2D eigenvalue weighted by Gasteiger charge is 2.10. The molecule has 0 radical (unpaired) electrons. The maximum atomic E-state index is 11.7. The third kappa shape index (κ3) is 5.64. The molecule has 1 aromatic heterocycles. The minimum Gasteiger partial charge on any atom is -0.478 e. The van der Waals surface area contributed by atoms with E-state index in [-0.39, 0.29) is 12.5 Å². The average Bonchev–Trinajstić information content (AvgIpc) is 2.42. The van der Waals surface area contributed by atoms with Crippen molar-refractivity contribution in [2.45, 2.75) is 20.3 Å². The van der Waals surface area contributed by atoms with Crippen LogP contribution in [0.5, 0.6) is 0 Å². The zero-order valence-electron chi connectivity index (χ0n) is 12.6. The molecule has 1 aromatic rings. The number of nitrogens with one attached hydrogen (secondary N) is 1. The quantitative estimate of drug-likeness (QED) is 0.743. The lowest BCUT2D eigenvalue weighted by atomic mass is 10.2. The summed E-state index contributed by atoms with van der Waals surface area (Å²) in [6.45, 7) is 4.77. The van der Waals surface area contributed by atoms with Crippen molar-refractivity contribution in [3.63, 3.8) is 0 Å². The molecule has 1 heterocycles. The molecule has 0 saturated carbocycles. The van der Waals surface area contributed by atoms with E-state index < -0.39 is 5.97 Å². The predicted octanol–water partition coefficient (Wildman–Crippen LogP) is 1.45. The monoisotopic (exact) mass is 291 g/mol. The third-order valence-electron chi connectivity index (χ3n) is 2.80. The molecule has 0 aliphatic carbocycles. The van der Waals surface area contributed by atoms with E-state index in [4.69, 9.17) is 5.11 Å². The van der Waals surface area contributed by atoms with Gasteiger partial charge in [-0.2, -0.15) is 0 Å². The van der Waals surface area contributed by atoms with E-state index in [0.29, 0.717) is 17.9 Å². The van der Waals surface area contributed by atoms with Gasteiger partial charge in [0.2, 0.25) is 5.91 Å². The first-order valence-electron chi connectivity index (χ1n) is 6.79. The van der Waals surface area contributed by atoms with Crippen molar-refractivity contribution in [3.8, 4) is 0 Å². The Kier molecular flexibility index (Phi) is 6.39. The summed E-state index contributed by atoms with van der Waals surface area (Å²) in [4.78, 5) is 28.2. The number of carboxylic acids is 1. The molecule has 0 aliphatic heterocycles. The number of aliphatic carboxylic acids is 1. The van der Waals surface area contributed by atoms with E-state index >= 15 is 0 Å². The van der Waals surface area contributed by atoms with Crippen LogP contribution in [0.1, 0.15) is 24.5 Å². The second kappa shape index (κ2) is 8.04. The van der Waals surface area contributed by atoms with Crippen LogP contribution in [0.25, 0.3) is 6.08 Å². The second-order valence-electron chi connectivity index (χ2n) is 4.79. The zero-order valence-corrected chi connectivity index (χ0v) is 12.6. The fraction of sp³-hybridized carbons (Fsp3) is 0.400. The Hall–Kier alpha value is -2.37. The van der Waals surface area contributed by atoms with Gasteiger partial charge in [-0.25, -0.2) is 9.78 Å². The van der Waals surface area contributed by atoms with Crippen LogP contribution in [0.3, 0.4) is 0 Å². The lowest BCUT2D eigenvalue weighted by Gasteiger charge is -2.19. The molecule has 6 nitrogen and oxygen atoms in total. The van der Waals surface area contributed by atoms with E-state index in [2.05, 4.69) is 10.3 Å². The minimum absolute atomic E-state index is 0.0459. The van der Waals surface area contributed by atoms with Gasteiger partial charge < -0.3 is 15.3 Å². The van der Waals surface area contributed by atoms with E-state index in [1.165, 1.54) is 6.08 Å². The molecule has 1 rings (SSSR count). The van der Waals surface area contributed by atoms with Gasteiger partial charge in [0.25, 0.3) is 0 Å². The van der Waals surface area contributed by atoms with Crippen LogP contribution in [0.4, 0.5) is 5.82 Å². The first kappa shape index (κ1) is 16.7. The van der Waals surface area contributed by atoms with Gasteiger partial charge in [-0.05, 0) is 36.6 Å². The number of rotatable bonds is 7. The highest BCUT2D eigenvalue weighted by Crippen LogP contribution is 2.17. The molecule has 114 valence electrons. The number of nitrogens with zero attached hydrogens (tertiary/aromatic N) is 2. The van der Waals surface area contributed by atoms with Gasteiger partial charge in [-0.3, -0.25) is 4.79 Å². The number of aromatic nitrogens is 1. The summed E-state index contributed by atoms with van der Waals surface area (Å²) in [6, 6.07) is 1.84. The number of hydrogen-bond donors (Lipinski definition) is 2. The summed E-state index contributed by atoms with van der Waals surface area (Å²) >= 11 is 0. The van der Waals surface area contributed by atoms with Crippen molar-refractivity contribution in [2.75, 3.05) is 25.0 Å². The number of carbonyl (C=O) groups excluding carboxylic acids is 1. The Labute approximate surface area is 124 Å². The van der Waals surface area contributed by atoms with Crippen molar-refractivity contribution in [1.82, 2.24) is 10.3 Å². The van der Waals surface area contributed by atoms with E-state index in [9.17, 15) is 9.59 Å². The Morgan fingerprint density at radius 3 is 2.76 bits per heavy atom. The molecule has 1 amide bonds. The molecule has 2 N–H and O–H groups in total. The van der Waals surface area contributed by atoms with Gasteiger partial charge in [-0.15, -0.1) is 0 Å². The molecule has 0 saturated heterocycles. The normalized spacial score (nSPS) is 10.6. The van der Waals surface area contributed by atoms with Gasteiger partial charge in [0.1, 0.15) is 5.82 Å². The Morgan fingerprint density at radius 2 is 2.19 bits per heavy atom. The number of carbonyl (C=O) groups is 2. The summed E-state index contributed by atoms with van der Waals surface area (Å²) in [6.07, 6.45) is 5.04. The highest BCUT2D eigenvalue weighted by atomic mass is 16.4. The Balaban J connectivity index is 2.75. The van der Waals surface area contributed by atoms with Gasteiger partial charge in [0, 0.05) is 25.9 Å². The SMILES string of the molecule is CCCNC(=O)CN(C)c1ncc(/C=C/C(=O)O)cc1C. The molecule has 0 unspecified atom stereocenters. The van der Waals surface area contributed by atoms with Crippen LogP contribution < -0.4 is 10.2 Å². The number of pyridine rings is 1. The van der Waals surface area contributed by atoms with Crippen molar-refractivity contribution in [3.05, 3.63) is 29.5 Å². The summed E-state index contributed by atoms with van der Waals surface area (Å²) in [7, 11) is 1.80. The molecular weight excluding hydrogens is 270 g/mol. The van der Waals surface area contributed by atoms with Crippen molar-refractivity contribution in [2.24, 2.45) is 0 Å². The topological polar surface area (TPSA) is 82.5 Å². The number of anilines is 1. The zero-order chi connectivity index (χ0) is 15.8. The first-order valence-corrected chi connectivity index (χ1v) is 6.79. The van der Waals surface area contributed by atoms with Gasteiger partial charge in [-0.1, -0.05) is 6.92 Å². The van der Waals surface area contributed by atoms with Crippen LogP contribution in [-0.2, 0) is 9.59 Å². The average molecular weight is 291 g/mol. The molecule has 21 heavy (non-hydrogen) atoms. The largest absolute Gasteiger partial charge is 0.478 e. The number of hydrogen-bond acceptors (Lipinski definition) is 4. The summed E-state index contributed by atoms with van der Waals surface area (Å²) in [5.41, 5.74) is 1.59. The van der Waals surface area contributed by atoms with Crippen LogP contribution in [0.15, 0.2) is 18.3 Å². The summed E-state index contributed by atoms with van der Waals surface area (Å²) in [5.74, 6) is -0.342. The molecular formula is C15H21N3O3. The standard InChI is InChI=1S/C15H21N3O3/c1-4-7-16-13(19)10-18(3)15-11(2)8-12(9-17-15)5-6-14(20)21/h5-6,8-9H,4,7,10H2,1-3H3,(H,16,19)(H,20,21)/b6-5+. The highest BCUT2D eigenvalue weighted by molar-refractivity contribution is 5.85. The third-order valence-corrected chi connectivity index (χ3v) is 2.80. The number of amides is 1. The molecule has 6 heteroatoms. The van der Waals surface area contributed by atoms with Crippen molar-refractivity contribution in [1.29, 1.82) is 0 Å². The second-order valence-corrected chi connectivity index (χ2v) is 4.79. The molecule has 0 aromatic carbocycles. The van der Waals surface area contributed by atoms with Crippen molar-refractivity contribution >= 4 is 23.8 Å². The lowest BCUT2D eigenvalue weighted by molar-refractivity contribution is -0.131. The van der Waals surface area contributed by atoms with E-state index in [0.717, 1.165) is 18.1 Å². The van der Waals surface area contributed by atoms with Crippen LogP contribution in [0.2, 0.25) is 0 Å². The Morgan fingerprint density at radius 1 is 1.48 bits per heavy atom. The maximum absolute atomic E-state index is 11.7. The minimum atomic E-state index is -0.999. The Bertz CT molecular complexity index is 541. The molecule has 0 spiro atoms. The van der Waals surface area contributed by atoms with Crippen LogP contribution in [0, 0.1) is 6.92 Å². The smallest absolute Gasteiger partial charge is 0.328 e. The fourth-order valence-electron chi connectivity index (χ4n) is 1.86. The lowest BCUT2D eigenvalue weighted by Crippen LogP contribution is -2.36. The van der Waals surface area contributed by atoms with Gasteiger partial charge in [0.05, 0.1) is 6.54 Å². The molecule has 0 bridgehead atoms.